The van der Waals surface area contributed by atoms with Crippen LogP contribution in [0.5, 0.6) is 0 Å². The van der Waals surface area contributed by atoms with Crippen molar-refractivity contribution < 1.29 is 18.3 Å². The number of morpholine rings is 1. The molecule has 1 saturated heterocycles. The van der Waals surface area contributed by atoms with Crippen LogP contribution in [0.4, 0.5) is 17.5 Å². The maximum atomic E-state index is 12.3. The van der Waals surface area contributed by atoms with Crippen LogP contribution in [0.2, 0.25) is 0 Å². The van der Waals surface area contributed by atoms with Crippen LogP contribution in [0.25, 0.3) is 22.3 Å². The number of nitrogens with two attached hydrogens (primary N) is 1. The summed E-state index contributed by atoms with van der Waals surface area (Å²) in [5.41, 5.74) is 3.16. The molecule has 3 heterocycles. The van der Waals surface area contributed by atoms with E-state index in [0.29, 0.717) is 40.7 Å². The monoisotopic (exact) mass is 594 g/mol. The second-order valence-corrected chi connectivity index (χ2v) is 11.9. The Kier molecular flexibility index (Phi) is 9.65. The molecule has 0 radical (unpaired) electrons. The van der Waals surface area contributed by atoms with E-state index < -0.39 is 10.0 Å². The number of hydrogen-bond acceptors (Lipinski definition) is 10. The average molecular weight is 595 g/mol. The third kappa shape index (κ3) is 7.41. The number of nitrogens with one attached hydrogen (secondary N) is 3. The van der Waals surface area contributed by atoms with E-state index in [-0.39, 0.29) is 17.0 Å². The molecule has 4 aromatic rings. The smallest absolute Gasteiger partial charge is 0.238 e. The number of aryl methyl sites for hydroxylation is 1. The minimum atomic E-state index is -3.93. The van der Waals surface area contributed by atoms with E-state index in [9.17, 15) is 13.5 Å². The first-order chi connectivity index (χ1) is 20.3. The van der Waals surface area contributed by atoms with Crippen molar-refractivity contribution in [2.24, 2.45) is 5.14 Å². The van der Waals surface area contributed by atoms with Crippen molar-refractivity contribution in [2.75, 3.05) is 36.9 Å². The minimum absolute atomic E-state index is 0.0455. The van der Waals surface area contributed by atoms with E-state index in [2.05, 4.69) is 20.9 Å². The van der Waals surface area contributed by atoms with Gasteiger partial charge in [-0.3, -0.25) is 0 Å². The van der Waals surface area contributed by atoms with Crippen LogP contribution in [0.3, 0.4) is 0 Å². The lowest BCUT2D eigenvalue weighted by molar-refractivity contribution is 0.109. The van der Waals surface area contributed by atoms with Crippen molar-refractivity contribution in [3.05, 3.63) is 54.9 Å². The molecule has 1 saturated carbocycles. The Hall–Kier alpha value is -3.62. The molecule has 2 aliphatic rings. The van der Waals surface area contributed by atoms with E-state index >= 15 is 0 Å². The van der Waals surface area contributed by atoms with Gasteiger partial charge in [0.2, 0.25) is 16.0 Å². The lowest BCUT2D eigenvalue weighted by Gasteiger charge is -2.26. The van der Waals surface area contributed by atoms with Gasteiger partial charge in [0.15, 0.2) is 17.0 Å². The molecule has 6 rings (SSSR count). The minimum Gasteiger partial charge on any atom is -0.393 e. The number of benzene rings is 2. The first-order valence-corrected chi connectivity index (χ1v) is 15.8. The summed E-state index contributed by atoms with van der Waals surface area (Å²) >= 11 is 0. The van der Waals surface area contributed by atoms with Gasteiger partial charge in [-0.05, 0) is 56.4 Å². The molecule has 224 valence electrons. The van der Waals surface area contributed by atoms with Gasteiger partial charge in [0.05, 0.1) is 30.5 Å². The zero-order valence-electron chi connectivity index (χ0n) is 23.7. The summed E-state index contributed by atoms with van der Waals surface area (Å²) in [6.45, 7) is 6.55. The Labute approximate surface area is 245 Å². The predicted octanol–water partition coefficient (Wildman–Crippen LogP) is 3.23. The summed E-state index contributed by atoms with van der Waals surface area (Å²) in [6, 6.07) is 14.3. The number of anilines is 3. The third-order valence-corrected chi connectivity index (χ3v) is 8.28. The van der Waals surface area contributed by atoms with Gasteiger partial charge in [-0.25, -0.2) is 18.5 Å². The fourth-order valence-corrected chi connectivity index (χ4v) is 5.82. The summed E-state index contributed by atoms with van der Waals surface area (Å²) in [5.74, 6) is 0.985. The highest BCUT2D eigenvalue weighted by Gasteiger charge is 2.22. The first kappa shape index (κ1) is 29.9. The van der Waals surface area contributed by atoms with Crippen molar-refractivity contribution in [3.63, 3.8) is 0 Å². The topological polar surface area (TPSA) is 169 Å². The second-order valence-electron chi connectivity index (χ2n) is 10.4. The first-order valence-electron chi connectivity index (χ1n) is 14.3. The number of aromatic nitrogens is 4. The summed E-state index contributed by atoms with van der Waals surface area (Å²) < 4.78 is 31.5. The van der Waals surface area contributed by atoms with Gasteiger partial charge in [0, 0.05) is 36.9 Å². The van der Waals surface area contributed by atoms with Gasteiger partial charge in [0.1, 0.15) is 0 Å². The van der Waals surface area contributed by atoms with Crippen molar-refractivity contribution in [1.82, 2.24) is 24.8 Å². The van der Waals surface area contributed by atoms with E-state index in [1.54, 1.807) is 18.5 Å². The fourth-order valence-electron chi connectivity index (χ4n) is 5.08. The van der Waals surface area contributed by atoms with Crippen molar-refractivity contribution in [1.29, 1.82) is 0 Å². The zero-order valence-corrected chi connectivity index (χ0v) is 24.5. The van der Waals surface area contributed by atoms with Gasteiger partial charge in [-0.2, -0.15) is 9.97 Å². The summed E-state index contributed by atoms with van der Waals surface area (Å²) in [5, 5.41) is 25.2. The number of primary sulfonamides is 1. The van der Waals surface area contributed by atoms with Crippen LogP contribution < -0.4 is 21.1 Å². The van der Waals surface area contributed by atoms with Gasteiger partial charge >= 0.3 is 0 Å². The number of imidazole rings is 1. The standard InChI is InChI=1S/C25H29N7O3S.C4H9NO/c1-2-32-15-27-22-23(30-25(31-24(22)32)29-17-8-11-19(33)12-9-17)28-18-10-13-21(36(26,34)35)20(14-18)16-6-4-3-5-7-16;1-3-6-4-2-5-1/h3-7,10,13-15,17,19,33H,2,8-9,11-12H2,1H3,(H2,26,34,35)(H2,28,29,30,31);5H,1-4H2. The maximum Gasteiger partial charge on any atom is 0.238 e. The molecule has 13 heteroatoms. The summed E-state index contributed by atoms with van der Waals surface area (Å²) in [6.07, 6.45) is 4.66. The van der Waals surface area contributed by atoms with Crippen molar-refractivity contribution >= 4 is 38.6 Å². The Bertz CT molecular complexity index is 1570. The third-order valence-electron chi connectivity index (χ3n) is 7.31. The highest BCUT2D eigenvalue weighted by atomic mass is 32.2. The molecule has 1 aliphatic heterocycles. The summed E-state index contributed by atoms with van der Waals surface area (Å²) in [4.78, 5) is 14.0. The molecule has 0 bridgehead atoms. The highest BCUT2D eigenvalue weighted by Crippen LogP contribution is 2.32. The van der Waals surface area contributed by atoms with E-state index in [4.69, 9.17) is 19.8 Å². The Morgan fingerprint density at radius 1 is 1.07 bits per heavy atom. The molecule has 0 spiro atoms. The van der Waals surface area contributed by atoms with Gasteiger partial charge < -0.3 is 30.4 Å². The molecule has 0 unspecified atom stereocenters. The molecule has 2 aromatic heterocycles. The molecule has 1 aliphatic carbocycles. The molecule has 6 N–H and O–H groups in total. The largest absolute Gasteiger partial charge is 0.393 e. The van der Waals surface area contributed by atoms with Crippen LogP contribution >= 0.6 is 0 Å². The van der Waals surface area contributed by atoms with Crippen LogP contribution in [-0.2, 0) is 21.3 Å². The number of aliphatic hydroxyl groups is 1. The second kappa shape index (κ2) is 13.6. The van der Waals surface area contributed by atoms with Gasteiger partial charge in [-0.1, -0.05) is 30.3 Å². The zero-order chi connectivity index (χ0) is 29.5. The lowest BCUT2D eigenvalue weighted by atomic mass is 9.93. The van der Waals surface area contributed by atoms with Crippen molar-refractivity contribution in [2.45, 2.75) is 56.2 Å². The molecule has 42 heavy (non-hydrogen) atoms. The highest BCUT2D eigenvalue weighted by molar-refractivity contribution is 7.89. The SMILES string of the molecule is C1COCCN1.CCn1cnc2c(Nc3ccc(S(N)(=O)=O)c(-c4ccccc4)c3)nc(NC3CCC(O)CC3)nc21. The molecule has 2 fully saturated rings. The number of aliphatic hydroxyl groups excluding tert-OH is 1. The molecular weight excluding hydrogens is 556 g/mol. The molecule has 2 aromatic carbocycles. The number of ether oxygens (including phenoxy) is 1. The number of nitrogens with zero attached hydrogens (tertiary/aromatic N) is 4. The predicted molar refractivity (Wildman–Crippen MR) is 163 cm³/mol. The molecular formula is C29H38N8O4S. The quantitative estimate of drug-likeness (QED) is 0.214. The van der Waals surface area contributed by atoms with Crippen molar-refractivity contribution in [3.8, 4) is 11.1 Å². The van der Waals surface area contributed by atoms with Crippen LogP contribution in [-0.4, -0.2) is 71.5 Å². The Morgan fingerprint density at radius 3 is 2.43 bits per heavy atom. The van der Waals surface area contributed by atoms with E-state index in [1.165, 1.54) is 6.07 Å². The Balaban J connectivity index is 0.000000524. The molecule has 0 amide bonds. The molecule has 0 atom stereocenters. The number of sulfonamides is 1. The average Bonchev–Trinajstić information content (AvgIpc) is 3.43. The number of fused-ring (bicyclic) bond motifs is 1. The maximum absolute atomic E-state index is 12.3. The Morgan fingerprint density at radius 2 is 1.81 bits per heavy atom. The normalized spacial score (nSPS) is 19.1. The van der Waals surface area contributed by atoms with Crippen LogP contribution in [0, 0.1) is 0 Å². The van der Waals surface area contributed by atoms with Crippen LogP contribution in [0.1, 0.15) is 32.6 Å². The van der Waals surface area contributed by atoms with Gasteiger partial charge in [-0.15, -0.1) is 0 Å². The molecule has 12 nitrogen and oxygen atoms in total. The lowest BCUT2D eigenvalue weighted by Crippen LogP contribution is -2.30. The van der Waals surface area contributed by atoms with Gasteiger partial charge in [0.25, 0.3) is 0 Å². The van der Waals surface area contributed by atoms with Crippen LogP contribution in [0.15, 0.2) is 59.8 Å². The number of rotatable bonds is 7. The van der Waals surface area contributed by atoms with E-state index in [0.717, 1.165) is 57.6 Å². The van der Waals surface area contributed by atoms with E-state index in [1.807, 2.05) is 41.8 Å². The fraction of sp³-hybridized carbons (Fsp3) is 0.414. The summed E-state index contributed by atoms with van der Waals surface area (Å²) in [7, 11) is -3.93. The number of hydrogen-bond donors (Lipinski definition) is 5.